The van der Waals surface area contributed by atoms with Gasteiger partial charge in [-0.3, -0.25) is 14.4 Å². The van der Waals surface area contributed by atoms with Gasteiger partial charge in [0.25, 0.3) is 5.91 Å². The molecule has 1 N–H and O–H groups in total. The number of thioether (sulfide) groups is 1. The first-order valence-corrected chi connectivity index (χ1v) is 15.4. The van der Waals surface area contributed by atoms with Crippen LogP contribution in [-0.2, 0) is 14.4 Å². The molecule has 2 aromatic rings. The molecule has 0 radical (unpaired) electrons. The van der Waals surface area contributed by atoms with Crippen LogP contribution in [-0.4, -0.2) is 69.5 Å². The zero-order chi connectivity index (χ0) is 28.8. The molecule has 214 valence electrons. The molecule has 6 rings (SSSR count). The van der Waals surface area contributed by atoms with Gasteiger partial charge in [0.2, 0.25) is 11.8 Å². The quantitative estimate of drug-likeness (QED) is 0.373. The van der Waals surface area contributed by atoms with Crippen LogP contribution < -0.4 is 9.80 Å². The largest absolute Gasteiger partial charge is 0.396 e. The number of aliphatic hydroxyl groups excluding tert-OH is 1. The molecule has 3 amide bonds. The SMILES string of the molecule is C[C@@]12C=CCN(c3ccccc3)C(=O)[C@@H]1[C@H]1C(=O)N(CCCCCO)C3C(=O)N(c4ccc(Cl)cc4)CC=C[C@@]31S2. The topological polar surface area (TPSA) is 81.2 Å². The second-order valence-corrected chi connectivity index (χ2v) is 13.6. The summed E-state index contributed by atoms with van der Waals surface area (Å²) in [5, 5.41) is 9.89. The lowest BCUT2D eigenvalue weighted by molar-refractivity contribution is -0.139. The van der Waals surface area contributed by atoms with Gasteiger partial charge >= 0.3 is 0 Å². The Balaban J connectivity index is 1.44. The van der Waals surface area contributed by atoms with E-state index in [1.807, 2.05) is 67.6 Å². The molecule has 2 aromatic carbocycles. The summed E-state index contributed by atoms with van der Waals surface area (Å²) in [6.07, 6.45) is 10.2. The van der Waals surface area contributed by atoms with Crippen LogP contribution in [0.1, 0.15) is 26.2 Å². The minimum Gasteiger partial charge on any atom is -0.396 e. The van der Waals surface area contributed by atoms with Crippen LogP contribution in [0.2, 0.25) is 5.02 Å². The summed E-state index contributed by atoms with van der Waals surface area (Å²) >= 11 is 7.73. The fraction of sp³-hybridized carbons (Fsp3) is 0.406. The van der Waals surface area contributed by atoms with Gasteiger partial charge in [0.15, 0.2) is 0 Å². The molecule has 5 atom stereocenters. The van der Waals surface area contributed by atoms with Crippen molar-refractivity contribution < 1.29 is 19.5 Å². The number of rotatable bonds is 7. The van der Waals surface area contributed by atoms with Gasteiger partial charge in [0.1, 0.15) is 6.04 Å². The molecule has 9 heteroatoms. The molecule has 2 fully saturated rings. The summed E-state index contributed by atoms with van der Waals surface area (Å²) in [4.78, 5) is 48.7. The van der Waals surface area contributed by atoms with Gasteiger partial charge in [0, 0.05) is 47.4 Å². The lowest BCUT2D eigenvalue weighted by atomic mass is 9.74. The molecule has 7 nitrogen and oxygen atoms in total. The Hall–Kier alpha value is -3.07. The second-order valence-electron chi connectivity index (χ2n) is 11.3. The van der Waals surface area contributed by atoms with Gasteiger partial charge in [-0.05, 0) is 62.6 Å². The maximum Gasteiger partial charge on any atom is 0.251 e. The third kappa shape index (κ3) is 4.60. The number of carbonyl (C=O) groups is 3. The first-order valence-electron chi connectivity index (χ1n) is 14.2. The fourth-order valence-electron chi connectivity index (χ4n) is 7.02. The average Bonchev–Trinajstić information content (AvgIpc) is 3.23. The summed E-state index contributed by atoms with van der Waals surface area (Å²) < 4.78 is -1.56. The van der Waals surface area contributed by atoms with Crippen LogP contribution in [0.25, 0.3) is 0 Å². The zero-order valence-corrected chi connectivity index (χ0v) is 24.6. The van der Waals surface area contributed by atoms with Crippen molar-refractivity contribution in [3.8, 4) is 0 Å². The van der Waals surface area contributed by atoms with Crippen LogP contribution in [0, 0.1) is 11.8 Å². The summed E-state index contributed by atoms with van der Waals surface area (Å²) in [7, 11) is 0. The third-order valence-corrected chi connectivity index (χ3v) is 10.9. The molecule has 4 aliphatic rings. The molecule has 4 aliphatic heterocycles. The Kier molecular flexibility index (Phi) is 7.51. The standard InChI is InChI=1S/C32H34ClN3O4S/c1-31-16-8-19-34(23-10-4-2-5-11-23)28(38)25(31)26-29(39)36(18-6-3-7-21-37)27-30(40)35(20-9-17-32(26,27)41-31)24-14-12-22(33)13-15-24/h2,4-5,8-17,25-27,37H,3,6-7,18-21H2,1H3/t25-,26-,27?,31+,32-/m0/s1. The molecule has 2 saturated heterocycles. The number of halogens is 1. The number of nitrogens with zero attached hydrogens (tertiary/aromatic N) is 3. The van der Waals surface area contributed by atoms with Crippen molar-refractivity contribution in [2.24, 2.45) is 11.8 Å². The van der Waals surface area contributed by atoms with E-state index in [9.17, 15) is 19.5 Å². The highest BCUT2D eigenvalue weighted by molar-refractivity contribution is 8.02. The van der Waals surface area contributed by atoms with Gasteiger partial charge in [0.05, 0.1) is 16.6 Å². The van der Waals surface area contributed by atoms with Crippen molar-refractivity contribution in [3.63, 3.8) is 0 Å². The van der Waals surface area contributed by atoms with Crippen molar-refractivity contribution in [2.45, 2.75) is 41.7 Å². The predicted molar refractivity (Wildman–Crippen MR) is 163 cm³/mol. The highest BCUT2D eigenvalue weighted by Gasteiger charge is 2.73. The van der Waals surface area contributed by atoms with Crippen LogP contribution in [0.3, 0.4) is 0 Å². The predicted octanol–water partition coefficient (Wildman–Crippen LogP) is 4.70. The molecule has 0 bridgehead atoms. The van der Waals surface area contributed by atoms with E-state index in [0.717, 1.165) is 12.1 Å². The number of hydrogen-bond donors (Lipinski definition) is 1. The van der Waals surface area contributed by atoms with Crippen LogP contribution in [0.5, 0.6) is 0 Å². The van der Waals surface area contributed by atoms with E-state index in [-0.39, 0.29) is 24.3 Å². The molecular formula is C32H34ClN3O4S. The lowest BCUT2D eigenvalue weighted by Gasteiger charge is -2.37. The van der Waals surface area contributed by atoms with Gasteiger partial charge in [-0.25, -0.2) is 0 Å². The van der Waals surface area contributed by atoms with Crippen LogP contribution in [0.15, 0.2) is 78.9 Å². The molecule has 1 unspecified atom stereocenters. The van der Waals surface area contributed by atoms with E-state index in [1.54, 1.807) is 38.6 Å². The van der Waals surface area contributed by atoms with Gasteiger partial charge in [-0.1, -0.05) is 54.1 Å². The Bertz CT molecular complexity index is 1400. The van der Waals surface area contributed by atoms with Crippen molar-refractivity contribution >= 4 is 52.5 Å². The Morgan fingerprint density at radius 3 is 2.20 bits per heavy atom. The Morgan fingerprint density at radius 1 is 0.829 bits per heavy atom. The number of anilines is 2. The molecule has 4 heterocycles. The molecule has 0 aromatic heterocycles. The van der Waals surface area contributed by atoms with Crippen molar-refractivity contribution in [3.05, 3.63) is 83.9 Å². The number of fused-ring (bicyclic) bond motifs is 2. The lowest BCUT2D eigenvalue weighted by Crippen LogP contribution is -2.53. The summed E-state index contributed by atoms with van der Waals surface area (Å²) in [6.45, 7) is 3.31. The van der Waals surface area contributed by atoms with Gasteiger partial charge < -0.3 is 19.8 Å². The number of likely N-dealkylation sites (tertiary alicyclic amines) is 1. The minimum absolute atomic E-state index is 0.0857. The van der Waals surface area contributed by atoms with Crippen molar-refractivity contribution in [2.75, 3.05) is 36.0 Å². The summed E-state index contributed by atoms with van der Waals surface area (Å²) in [5.41, 5.74) is 1.51. The first kappa shape index (κ1) is 28.1. The highest BCUT2D eigenvalue weighted by Crippen LogP contribution is 2.65. The molecular weight excluding hydrogens is 558 g/mol. The average molecular weight is 592 g/mol. The molecule has 1 spiro atoms. The fourth-order valence-corrected chi connectivity index (χ4v) is 9.31. The van der Waals surface area contributed by atoms with E-state index >= 15 is 0 Å². The van der Waals surface area contributed by atoms with Gasteiger partial charge in [-0.15, -0.1) is 11.8 Å². The van der Waals surface area contributed by atoms with E-state index in [1.165, 1.54) is 0 Å². The molecule has 0 aliphatic carbocycles. The maximum absolute atomic E-state index is 14.5. The second kappa shape index (κ2) is 11.0. The number of unbranched alkanes of at least 4 members (excludes halogenated alkanes) is 2. The Labute approximate surface area is 249 Å². The maximum atomic E-state index is 14.5. The number of benzene rings is 2. The number of hydrogen-bond acceptors (Lipinski definition) is 5. The molecule has 41 heavy (non-hydrogen) atoms. The van der Waals surface area contributed by atoms with E-state index in [2.05, 4.69) is 6.08 Å². The van der Waals surface area contributed by atoms with E-state index in [4.69, 9.17) is 11.6 Å². The normalized spacial score (nSPS) is 30.8. The smallest absolute Gasteiger partial charge is 0.251 e. The van der Waals surface area contributed by atoms with Gasteiger partial charge in [-0.2, -0.15) is 0 Å². The van der Waals surface area contributed by atoms with Crippen molar-refractivity contribution in [1.82, 2.24) is 4.90 Å². The van der Waals surface area contributed by atoms with Crippen LogP contribution in [0.4, 0.5) is 11.4 Å². The van der Waals surface area contributed by atoms with E-state index in [0.29, 0.717) is 43.2 Å². The number of para-hydroxylation sites is 1. The third-order valence-electron chi connectivity index (χ3n) is 8.82. The zero-order valence-electron chi connectivity index (χ0n) is 23.0. The molecule has 0 saturated carbocycles. The van der Waals surface area contributed by atoms with E-state index < -0.39 is 27.4 Å². The number of aliphatic hydroxyl groups is 1. The monoisotopic (exact) mass is 591 g/mol. The number of amides is 3. The number of carbonyl (C=O) groups excluding carboxylic acids is 3. The summed E-state index contributed by atoms with van der Waals surface area (Å²) in [6, 6.07) is 16.0. The highest BCUT2D eigenvalue weighted by atomic mass is 35.5. The van der Waals surface area contributed by atoms with Crippen molar-refractivity contribution in [1.29, 1.82) is 0 Å². The minimum atomic E-state index is -0.897. The Morgan fingerprint density at radius 2 is 1.49 bits per heavy atom. The first-order chi connectivity index (χ1) is 19.8. The summed E-state index contributed by atoms with van der Waals surface area (Å²) in [5.74, 6) is -1.71. The van der Waals surface area contributed by atoms with Crippen LogP contribution >= 0.6 is 23.4 Å².